The van der Waals surface area contributed by atoms with E-state index in [4.69, 9.17) is 9.84 Å². The summed E-state index contributed by atoms with van der Waals surface area (Å²) < 4.78 is 5.47. The number of nitrogens with zero attached hydrogens (tertiary/aromatic N) is 2. The third-order valence-electron chi connectivity index (χ3n) is 4.36. The Morgan fingerprint density at radius 3 is 2.76 bits per heavy atom. The molecule has 0 spiro atoms. The van der Waals surface area contributed by atoms with Gasteiger partial charge < -0.3 is 15.2 Å². The third kappa shape index (κ3) is 4.55. The fraction of sp³-hybridized carbons (Fsp3) is 0.368. The highest BCUT2D eigenvalue weighted by Crippen LogP contribution is 2.23. The number of aromatic nitrogens is 1. The largest absolute Gasteiger partial charge is 0.477 e. The van der Waals surface area contributed by atoms with E-state index in [0.717, 1.165) is 26.3 Å². The van der Waals surface area contributed by atoms with Crippen molar-refractivity contribution in [1.29, 1.82) is 0 Å². The summed E-state index contributed by atoms with van der Waals surface area (Å²) in [5, 5.41) is 12.4. The van der Waals surface area contributed by atoms with Crippen molar-refractivity contribution < 1.29 is 14.6 Å². The van der Waals surface area contributed by atoms with Crippen molar-refractivity contribution in [2.24, 2.45) is 0 Å². The van der Waals surface area contributed by atoms with E-state index in [0.29, 0.717) is 12.4 Å². The van der Waals surface area contributed by atoms with E-state index in [9.17, 15) is 4.79 Å². The maximum atomic E-state index is 11.1. The fourth-order valence-corrected chi connectivity index (χ4v) is 3.08. The molecule has 2 N–H and O–H groups in total. The molecule has 1 aromatic carbocycles. The Bertz CT molecular complexity index is 729. The summed E-state index contributed by atoms with van der Waals surface area (Å²) in [6, 6.07) is 13.7. The van der Waals surface area contributed by atoms with Gasteiger partial charge >= 0.3 is 5.97 Å². The van der Waals surface area contributed by atoms with Crippen molar-refractivity contribution in [3.8, 4) is 0 Å². The number of aryl methyl sites for hydroxylation is 1. The van der Waals surface area contributed by atoms with Gasteiger partial charge in [0.05, 0.1) is 19.3 Å². The predicted molar refractivity (Wildman–Crippen MR) is 96.0 cm³/mol. The van der Waals surface area contributed by atoms with Gasteiger partial charge in [-0.1, -0.05) is 35.9 Å². The molecular weight excluding hydrogens is 318 g/mol. The van der Waals surface area contributed by atoms with Crippen LogP contribution in [0.25, 0.3) is 0 Å². The molecule has 0 bridgehead atoms. The van der Waals surface area contributed by atoms with Crippen LogP contribution >= 0.6 is 0 Å². The lowest BCUT2D eigenvalue weighted by Crippen LogP contribution is -2.41. The molecule has 0 radical (unpaired) electrons. The van der Waals surface area contributed by atoms with Crippen LogP contribution in [0.2, 0.25) is 0 Å². The molecule has 2 aromatic rings. The van der Waals surface area contributed by atoms with Crippen molar-refractivity contribution in [2.75, 3.05) is 38.2 Å². The molecule has 1 saturated heterocycles. The standard InChI is InChI=1S/C19H23N3O3/c1-14-4-2-5-15(12-14)17(22-8-10-25-11-9-22)13-20-18-7-3-6-16(21-18)19(23)24/h2-7,12,17H,8-11,13H2,1H3,(H,20,21)(H,23,24). The fourth-order valence-electron chi connectivity index (χ4n) is 3.08. The van der Waals surface area contributed by atoms with Gasteiger partial charge in [0.25, 0.3) is 0 Å². The zero-order valence-electron chi connectivity index (χ0n) is 14.3. The van der Waals surface area contributed by atoms with Crippen molar-refractivity contribution in [3.05, 3.63) is 59.3 Å². The Hall–Kier alpha value is -2.44. The van der Waals surface area contributed by atoms with Gasteiger partial charge in [-0.2, -0.15) is 0 Å². The first kappa shape index (κ1) is 17.4. The Morgan fingerprint density at radius 2 is 2.04 bits per heavy atom. The van der Waals surface area contributed by atoms with E-state index < -0.39 is 5.97 Å². The number of pyridine rings is 1. The van der Waals surface area contributed by atoms with Gasteiger partial charge in [-0.05, 0) is 24.6 Å². The molecule has 0 amide bonds. The Balaban J connectivity index is 1.77. The lowest BCUT2D eigenvalue weighted by molar-refractivity contribution is 0.0187. The second kappa shape index (κ2) is 8.09. The number of carbonyl (C=O) groups is 1. The van der Waals surface area contributed by atoms with Crippen LogP contribution in [-0.2, 0) is 4.74 Å². The van der Waals surface area contributed by atoms with Crippen LogP contribution in [0.5, 0.6) is 0 Å². The van der Waals surface area contributed by atoms with Gasteiger partial charge in [-0.25, -0.2) is 9.78 Å². The molecule has 132 valence electrons. The Labute approximate surface area is 147 Å². The van der Waals surface area contributed by atoms with Gasteiger partial charge in [0.1, 0.15) is 5.82 Å². The molecule has 1 aromatic heterocycles. The molecule has 2 heterocycles. The minimum atomic E-state index is -1.02. The van der Waals surface area contributed by atoms with Crippen molar-refractivity contribution >= 4 is 11.8 Å². The van der Waals surface area contributed by atoms with Crippen LogP contribution in [0.4, 0.5) is 5.82 Å². The molecule has 1 unspecified atom stereocenters. The second-order valence-electron chi connectivity index (χ2n) is 6.17. The average Bonchev–Trinajstić information content (AvgIpc) is 2.63. The number of hydrogen-bond donors (Lipinski definition) is 2. The SMILES string of the molecule is Cc1cccc(C(CNc2cccc(C(=O)O)n2)N2CCOCC2)c1. The molecule has 1 atom stereocenters. The molecule has 0 saturated carbocycles. The van der Waals surface area contributed by atoms with Crippen LogP contribution in [-0.4, -0.2) is 53.8 Å². The highest BCUT2D eigenvalue weighted by molar-refractivity contribution is 5.85. The van der Waals surface area contributed by atoms with Crippen molar-refractivity contribution in [3.63, 3.8) is 0 Å². The summed E-state index contributed by atoms with van der Waals surface area (Å²) >= 11 is 0. The number of carboxylic acids is 1. The third-order valence-corrected chi connectivity index (χ3v) is 4.36. The second-order valence-corrected chi connectivity index (χ2v) is 6.17. The topological polar surface area (TPSA) is 74.7 Å². The van der Waals surface area contributed by atoms with E-state index in [1.165, 1.54) is 17.2 Å². The van der Waals surface area contributed by atoms with E-state index >= 15 is 0 Å². The number of benzene rings is 1. The highest BCUT2D eigenvalue weighted by atomic mass is 16.5. The molecule has 1 fully saturated rings. The van der Waals surface area contributed by atoms with Gasteiger partial charge in [0.15, 0.2) is 5.69 Å². The van der Waals surface area contributed by atoms with Crippen LogP contribution in [0.15, 0.2) is 42.5 Å². The van der Waals surface area contributed by atoms with Crippen molar-refractivity contribution in [1.82, 2.24) is 9.88 Å². The van der Waals surface area contributed by atoms with Crippen LogP contribution in [0.1, 0.15) is 27.7 Å². The molecule has 6 nitrogen and oxygen atoms in total. The number of rotatable bonds is 6. The number of aromatic carboxylic acids is 1. The minimum Gasteiger partial charge on any atom is -0.477 e. The first-order valence-corrected chi connectivity index (χ1v) is 8.46. The molecule has 1 aliphatic rings. The molecule has 3 rings (SSSR count). The zero-order chi connectivity index (χ0) is 17.6. The van der Waals surface area contributed by atoms with E-state index in [2.05, 4.69) is 46.4 Å². The highest BCUT2D eigenvalue weighted by Gasteiger charge is 2.22. The lowest BCUT2D eigenvalue weighted by atomic mass is 10.0. The minimum absolute atomic E-state index is 0.0449. The van der Waals surface area contributed by atoms with Crippen LogP contribution in [0.3, 0.4) is 0 Å². The smallest absolute Gasteiger partial charge is 0.354 e. The van der Waals surface area contributed by atoms with Crippen LogP contribution in [0, 0.1) is 6.92 Å². The maximum absolute atomic E-state index is 11.1. The van der Waals surface area contributed by atoms with E-state index in [1.807, 2.05) is 0 Å². The number of morpholine rings is 1. The lowest BCUT2D eigenvalue weighted by Gasteiger charge is -2.35. The zero-order valence-corrected chi connectivity index (χ0v) is 14.3. The summed E-state index contributed by atoms with van der Waals surface area (Å²) in [5.74, 6) is -0.446. The van der Waals surface area contributed by atoms with Gasteiger partial charge in [0.2, 0.25) is 0 Å². The first-order valence-electron chi connectivity index (χ1n) is 8.46. The number of anilines is 1. The number of ether oxygens (including phenoxy) is 1. The first-order chi connectivity index (χ1) is 12.1. The normalized spacial score (nSPS) is 16.4. The molecule has 0 aliphatic carbocycles. The molecule has 25 heavy (non-hydrogen) atoms. The van der Waals surface area contributed by atoms with Gasteiger partial charge in [-0.15, -0.1) is 0 Å². The number of nitrogens with one attached hydrogen (secondary N) is 1. The summed E-state index contributed by atoms with van der Waals surface area (Å²) in [7, 11) is 0. The van der Waals surface area contributed by atoms with Gasteiger partial charge in [0, 0.05) is 19.6 Å². The molecular formula is C19H23N3O3. The Morgan fingerprint density at radius 1 is 1.28 bits per heavy atom. The van der Waals surface area contributed by atoms with Gasteiger partial charge in [-0.3, -0.25) is 4.90 Å². The Kier molecular flexibility index (Phi) is 5.63. The summed E-state index contributed by atoms with van der Waals surface area (Å²) in [6.07, 6.45) is 0. The summed E-state index contributed by atoms with van der Waals surface area (Å²) in [5.41, 5.74) is 2.51. The van der Waals surface area contributed by atoms with Crippen LogP contribution < -0.4 is 5.32 Å². The average molecular weight is 341 g/mol. The summed E-state index contributed by atoms with van der Waals surface area (Å²) in [4.78, 5) is 17.6. The predicted octanol–water partition coefficient (Wildman–Crippen LogP) is 2.57. The number of carboxylic acid groups (broad SMARTS) is 1. The van der Waals surface area contributed by atoms with Crippen molar-refractivity contribution in [2.45, 2.75) is 13.0 Å². The maximum Gasteiger partial charge on any atom is 0.354 e. The van der Waals surface area contributed by atoms with E-state index in [1.54, 1.807) is 12.1 Å². The quantitative estimate of drug-likeness (QED) is 0.841. The summed E-state index contributed by atoms with van der Waals surface area (Å²) in [6.45, 7) is 5.96. The monoisotopic (exact) mass is 341 g/mol. The molecule has 6 heteroatoms. The van der Waals surface area contributed by atoms with E-state index in [-0.39, 0.29) is 11.7 Å². The molecule has 1 aliphatic heterocycles. The number of hydrogen-bond acceptors (Lipinski definition) is 5.